The van der Waals surface area contributed by atoms with Gasteiger partial charge in [0, 0.05) is 17.8 Å². The van der Waals surface area contributed by atoms with Crippen molar-refractivity contribution in [1.82, 2.24) is 4.98 Å². The van der Waals surface area contributed by atoms with Crippen molar-refractivity contribution in [3.63, 3.8) is 0 Å². The second-order valence-corrected chi connectivity index (χ2v) is 6.33. The van der Waals surface area contributed by atoms with Crippen LogP contribution in [0.3, 0.4) is 0 Å². The molecule has 120 valence electrons. The van der Waals surface area contributed by atoms with E-state index in [9.17, 15) is 5.11 Å². The Balaban J connectivity index is 1.65. The largest absolute Gasteiger partial charge is 0.508 e. The smallest absolute Gasteiger partial charge is 0.210 e. The van der Waals surface area contributed by atoms with Gasteiger partial charge in [-0.15, -0.1) is 0 Å². The first-order chi connectivity index (χ1) is 11.7. The Kier molecular flexibility index (Phi) is 3.66. The molecule has 0 spiro atoms. The topological polar surface area (TPSA) is 63.9 Å². The van der Waals surface area contributed by atoms with Crippen LogP contribution in [0.25, 0.3) is 11.3 Å². The minimum atomic E-state index is 0.237. The van der Waals surface area contributed by atoms with Crippen molar-refractivity contribution in [1.29, 1.82) is 0 Å². The van der Waals surface area contributed by atoms with Gasteiger partial charge in [0.15, 0.2) is 0 Å². The fourth-order valence-electron chi connectivity index (χ4n) is 2.48. The lowest BCUT2D eigenvalue weighted by Gasteiger charge is -2.16. The molecule has 0 bridgehead atoms. The Hall–Kier alpha value is -2.86. The fourth-order valence-corrected chi connectivity index (χ4v) is 3.31. The third-order valence-corrected chi connectivity index (χ3v) is 4.64. The molecule has 24 heavy (non-hydrogen) atoms. The predicted octanol–water partition coefficient (Wildman–Crippen LogP) is 4.17. The van der Waals surface area contributed by atoms with Crippen LogP contribution in [-0.2, 0) is 6.61 Å². The molecule has 2 heterocycles. The second-order valence-electron chi connectivity index (χ2n) is 5.27. The number of phenols is 1. The van der Waals surface area contributed by atoms with Crippen LogP contribution in [0.15, 0.2) is 47.5 Å². The Morgan fingerprint density at radius 1 is 1.25 bits per heavy atom. The molecular formula is C18H14N2O3S. The number of nitrogens with zero attached hydrogens (tertiary/aromatic N) is 2. The van der Waals surface area contributed by atoms with Gasteiger partial charge < -0.3 is 14.6 Å². The first-order valence-corrected chi connectivity index (χ1v) is 8.18. The van der Waals surface area contributed by atoms with Crippen LogP contribution < -0.4 is 9.47 Å². The van der Waals surface area contributed by atoms with Gasteiger partial charge in [-0.3, -0.25) is 0 Å². The summed E-state index contributed by atoms with van der Waals surface area (Å²) in [5.74, 6) is 1.78. The SMILES string of the molecule is COc1ccc2c(c1)OCc1sc(N=Cc3ccc(O)cc3)nc1-2. The van der Waals surface area contributed by atoms with E-state index in [4.69, 9.17) is 9.47 Å². The highest BCUT2D eigenvalue weighted by molar-refractivity contribution is 7.15. The molecule has 1 aliphatic rings. The summed E-state index contributed by atoms with van der Waals surface area (Å²) in [4.78, 5) is 10.1. The number of ether oxygens (including phenoxy) is 2. The summed E-state index contributed by atoms with van der Waals surface area (Å²) in [5.41, 5.74) is 2.78. The predicted molar refractivity (Wildman–Crippen MR) is 93.8 cm³/mol. The molecule has 1 N–H and O–H groups in total. The number of hydrogen-bond donors (Lipinski definition) is 1. The Bertz CT molecular complexity index is 917. The maximum atomic E-state index is 9.31. The molecule has 1 aromatic heterocycles. The van der Waals surface area contributed by atoms with Gasteiger partial charge in [0.1, 0.15) is 23.9 Å². The van der Waals surface area contributed by atoms with Gasteiger partial charge in [-0.2, -0.15) is 0 Å². The first-order valence-electron chi connectivity index (χ1n) is 7.37. The minimum Gasteiger partial charge on any atom is -0.508 e. The van der Waals surface area contributed by atoms with Crippen molar-refractivity contribution in [2.45, 2.75) is 6.61 Å². The van der Waals surface area contributed by atoms with E-state index in [1.165, 1.54) is 11.3 Å². The average Bonchev–Trinajstić information content (AvgIpc) is 3.04. The number of hydrogen-bond acceptors (Lipinski definition) is 6. The standard InChI is InChI=1S/C18H14N2O3S/c1-22-13-6-7-14-15(8-13)23-10-16-17(14)20-18(24-16)19-9-11-2-4-12(21)5-3-11/h2-9,21H,10H2,1H3. The zero-order chi connectivity index (χ0) is 16.5. The van der Waals surface area contributed by atoms with Crippen molar-refractivity contribution in [3.8, 4) is 28.5 Å². The molecule has 5 nitrogen and oxygen atoms in total. The van der Waals surface area contributed by atoms with Gasteiger partial charge in [0.25, 0.3) is 0 Å². The number of aliphatic imine (C=N–C) groups is 1. The summed E-state index contributed by atoms with van der Waals surface area (Å²) in [6, 6.07) is 12.6. The number of thiazole rings is 1. The molecule has 1 aliphatic heterocycles. The van der Waals surface area contributed by atoms with Crippen LogP contribution in [0.5, 0.6) is 17.2 Å². The van der Waals surface area contributed by atoms with Gasteiger partial charge >= 0.3 is 0 Å². The molecule has 3 aromatic rings. The molecule has 0 atom stereocenters. The summed E-state index contributed by atoms with van der Waals surface area (Å²) in [6.07, 6.45) is 1.74. The summed E-state index contributed by atoms with van der Waals surface area (Å²) in [6.45, 7) is 0.488. The molecule has 6 heteroatoms. The lowest BCUT2D eigenvalue weighted by Crippen LogP contribution is -2.03. The van der Waals surface area contributed by atoms with Crippen LogP contribution in [0.2, 0.25) is 0 Å². The van der Waals surface area contributed by atoms with E-state index >= 15 is 0 Å². The number of fused-ring (bicyclic) bond motifs is 3. The normalized spacial score (nSPS) is 12.5. The highest BCUT2D eigenvalue weighted by Crippen LogP contribution is 2.42. The van der Waals surface area contributed by atoms with Gasteiger partial charge in [0.2, 0.25) is 5.13 Å². The van der Waals surface area contributed by atoms with E-state index in [0.29, 0.717) is 11.7 Å². The monoisotopic (exact) mass is 338 g/mol. The minimum absolute atomic E-state index is 0.237. The number of aromatic nitrogens is 1. The van der Waals surface area contributed by atoms with E-state index in [1.807, 2.05) is 18.2 Å². The lowest BCUT2D eigenvalue weighted by atomic mass is 10.1. The van der Waals surface area contributed by atoms with Crippen LogP contribution in [0.1, 0.15) is 10.4 Å². The summed E-state index contributed by atoms with van der Waals surface area (Å²) in [7, 11) is 1.63. The zero-order valence-corrected chi connectivity index (χ0v) is 13.7. The van der Waals surface area contributed by atoms with Crippen molar-refractivity contribution >= 4 is 22.7 Å². The third-order valence-electron chi connectivity index (χ3n) is 3.71. The van der Waals surface area contributed by atoms with Crippen LogP contribution >= 0.6 is 11.3 Å². The van der Waals surface area contributed by atoms with Gasteiger partial charge in [-0.1, -0.05) is 11.3 Å². The van der Waals surface area contributed by atoms with E-state index in [2.05, 4.69) is 9.98 Å². The molecule has 0 fully saturated rings. The van der Waals surface area contributed by atoms with E-state index in [-0.39, 0.29) is 5.75 Å². The van der Waals surface area contributed by atoms with E-state index < -0.39 is 0 Å². The third kappa shape index (κ3) is 2.72. The maximum absolute atomic E-state index is 9.31. The Morgan fingerprint density at radius 3 is 2.88 bits per heavy atom. The molecule has 2 aromatic carbocycles. The highest BCUT2D eigenvalue weighted by Gasteiger charge is 2.22. The molecule has 0 radical (unpaired) electrons. The highest BCUT2D eigenvalue weighted by atomic mass is 32.1. The van der Waals surface area contributed by atoms with Gasteiger partial charge in [0.05, 0.1) is 17.7 Å². The Labute approximate surface area is 142 Å². The fraction of sp³-hybridized carbons (Fsp3) is 0.111. The van der Waals surface area contributed by atoms with Crippen molar-refractivity contribution in [3.05, 3.63) is 52.9 Å². The van der Waals surface area contributed by atoms with E-state index in [1.54, 1.807) is 37.6 Å². The van der Waals surface area contributed by atoms with Crippen LogP contribution in [0, 0.1) is 0 Å². The van der Waals surface area contributed by atoms with Crippen molar-refractivity contribution in [2.75, 3.05) is 7.11 Å². The van der Waals surface area contributed by atoms with Gasteiger partial charge in [-0.05, 0) is 42.0 Å². The number of aromatic hydroxyl groups is 1. The summed E-state index contributed by atoms with van der Waals surface area (Å²) in [5, 5.41) is 9.99. The number of benzene rings is 2. The second kappa shape index (κ2) is 5.98. The molecule has 0 unspecified atom stereocenters. The van der Waals surface area contributed by atoms with Crippen LogP contribution in [-0.4, -0.2) is 23.4 Å². The average molecular weight is 338 g/mol. The Morgan fingerprint density at radius 2 is 2.08 bits per heavy atom. The number of methoxy groups -OCH3 is 1. The lowest BCUT2D eigenvalue weighted by molar-refractivity contribution is 0.303. The molecule has 0 aliphatic carbocycles. The maximum Gasteiger partial charge on any atom is 0.210 e. The quantitative estimate of drug-likeness (QED) is 0.728. The van der Waals surface area contributed by atoms with Gasteiger partial charge in [-0.25, -0.2) is 9.98 Å². The zero-order valence-electron chi connectivity index (χ0n) is 12.9. The first kappa shape index (κ1) is 14.7. The number of rotatable bonds is 3. The molecule has 0 saturated heterocycles. The molecule has 0 amide bonds. The molecular weight excluding hydrogens is 324 g/mol. The number of phenolic OH excluding ortho intramolecular Hbond substituents is 1. The van der Waals surface area contributed by atoms with Crippen molar-refractivity contribution < 1.29 is 14.6 Å². The summed E-state index contributed by atoms with van der Waals surface area (Å²) < 4.78 is 11.0. The van der Waals surface area contributed by atoms with Crippen molar-refractivity contribution in [2.24, 2.45) is 4.99 Å². The molecule has 4 rings (SSSR count). The molecule has 0 saturated carbocycles. The summed E-state index contributed by atoms with van der Waals surface area (Å²) >= 11 is 1.52. The van der Waals surface area contributed by atoms with Crippen LogP contribution in [0.4, 0.5) is 5.13 Å². The van der Waals surface area contributed by atoms with E-state index in [0.717, 1.165) is 33.2 Å².